The van der Waals surface area contributed by atoms with E-state index in [1.165, 1.54) is 19.1 Å². The first-order valence-electron chi connectivity index (χ1n) is 5.84. The molecule has 1 saturated carbocycles. The van der Waals surface area contributed by atoms with Crippen molar-refractivity contribution in [3.8, 4) is 0 Å². The molecule has 2 aliphatic rings. The molecule has 0 aromatic heterocycles. The molecule has 0 radical (unpaired) electrons. The van der Waals surface area contributed by atoms with Crippen LogP contribution in [0.15, 0.2) is 0 Å². The van der Waals surface area contributed by atoms with Crippen molar-refractivity contribution < 1.29 is 8.42 Å². The first kappa shape index (κ1) is 11.4. The van der Waals surface area contributed by atoms with Gasteiger partial charge in [0.25, 0.3) is 0 Å². The van der Waals surface area contributed by atoms with Crippen LogP contribution < -0.4 is 0 Å². The number of fused-ring (bicyclic) bond motifs is 2. The number of hydrogen-bond acceptors (Lipinski definition) is 2. The van der Waals surface area contributed by atoms with Gasteiger partial charge in [0.1, 0.15) is 0 Å². The molecular formula is C11H21NO2S. The molecule has 3 nitrogen and oxygen atoms in total. The van der Waals surface area contributed by atoms with Gasteiger partial charge in [0.15, 0.2) is 0 Å². The SMILES string of the molecule is CC(C)C1C2CCC1CN(S(C)(=O)=O)C2. The molecule has 0 spiro atoms. The van der Waals surface area contributed by atoms with Crippen LogP contribution in [0.1, 0.15) is 26.7 Å². The lowest BCUT2D eigenvalue weighted by Crippen LogP contribution is -2.45. The Hall–Kier alpha value is -0.0900. The zero-order chi connectivity index (χ0) is 11.2. The summed E-state index contributed by atoms with van der Waals surface area (Å²) in [7, 11) is -2.97. The summed E-state index contributed by atoms with van der Waals surface area (Å²) >= 11 is 0. The molecule has 1 aliphatic carbocycles. The van der Waals surface area contributed by atoms with E-state index in [2.05, 4.69) is 13.8 Å². The average Bonchev–Trinajstić information content (AvgIpc) is 2.35. The van der Waals surface area contributed by atoms with Crippen molar-refractivity contribution in [2.24, 2.45) is 23.7 Å². The average molecular weight is 231 g/mol. The zero-order valence-electron chi connectivity index (χ0n) is 9.81. The van der Waals surface area contributed by atoms with Crippen LogP contribution in [0.4, 0.5) is 0 Å². The van der Waals surface area contributed by atoms with Crippen LogP contribution in [0.5, 0.6) is 0 Å². The van der Waals surface area contributed by atoms with Gasteiger partial charge in [-0.05, 0) is 36.5 Å². The second-order valence-electron chi connectivity index (χ2n) is 5.50. The second kappa shape index (κ2) is 3.74. The third kappa shape index (κ3) is 2.07. The van der Waals surface area contributed by atoms with Gasteiger partial charge in [0, 0.05) is 13.1 Å². The summed E-state index contributed by atoms with van der Waals surface area (Å²) < 4.78 is 24.7. The Labute approximate surface area is 92.9 Å². The molecule has 0 aromatic carbocycles. The summed E-state index contributed by atoms with van der Waals surface area (Å²) in [6.07, 6.45) is 3.78. The Morgan fingerprint density at radius 2 is 1.60 bits per heavy atom. The topological polar surface area (TPSA) is 37.4 Å². The molecule has 1 saturated heterocycles. The number of rotatable bonds is 2. The molecule has 1 heterocycles. The molecule has 1 aliphatic heterocycles. The highest BCUT2D eigenvalue weighted by atomic mass is 32.2. The minimum Gasteiger partial charge on any atom is -0.213 e. The zero-order valence-corrected chi connectivity index (χ0v) is 10.6. The van der Waals surface area contributed by atoms with Crippen LogP contribution in [-0.4, -0.2) is 32.1 Å². The Morgan fingerprint density at radius 3 is 1.93 bits per heavy atom. The minimum atomic E-state index is -2.97. The van der Waals surface area contributed by atoms with Crippen molar-refractivity contribution in [1.29, 1.82) is 0 Å². The molecule has 0 N–H and O–H groups in total. The van der Waals surface area contributed by atoms with Crippen molar-refractivity contribution in [2.45, 2.75) is 26.7 Å². The fraction of sp³-hybridized carbons (Fsp3) is 1.00. The Bertz CT molecular complexity index is 322. The van der Waals surface area contributed by atoms with Gasteiger partial charge in [0.2, 0.25) is 10.0 Å². The van der Waals surface area contributed by atoms with E-state index in [0.717, 1.165) is 19.0 Å². The summed E-state index contributed by atoms with van der Waals surface area (Å²) in [5.74, 6) is 2.67. The summed E-state index contributed by atoms with van der Waals surface area (Å²) in [5, 5.41) is 0. The summed E-state index contributed by atoms with van der Waals surface area (Å²) in [4.78, 5) is 0. The maximum Gasteiger partial charge on any atom is 0.211 e. The largest absolute Gasteiger partial charge is 0.213 e. The van der Waals surface area contributed by atoms with Crippen LogP contribution in [0.3, 0.4) is 0 Å². The molecule has 88 valence electrons. The maximum atomic E-state index is 11.5. The molecule has 15 heavy (non-hydrogen) atoms. The van der Waals surface area contributed by atoms with E-state index in [0.29, 0.717) is 17.8 Å². The number of nitrogens with zero attached hydrogens (tertiary/aromatic N) is 1. The Kier molecular flexibility index (Phi) is 2.84. The predicted octanol–water partition coefficient (Wildman–Crippen LogP) is 1.56. The van der Waals surface area contributed by atoms with Crippen LogP contribution in [0.2, 0.25) is 0 Å². The lowest BCUT2D eigenvalue weighted by atomic mass is 9.78. The van der Waals surface area contributed by atoms with Crippen molar-refractivity contribution in [3.63, 3.8) is 0 Å². The third-order valence-electron chi connectivity index (χ3n) is 4.11. The highest BCUT2D eigenvalue weighted by Crippen LogP contribution is 2.45. The highest BCUT2D eigenvalue weighted by molar-refractivity contribution is 7.88. The molecular weight excluding hydrogens is 210 g/mol. The van der Waals surface area contributed by atoms with Gasteiger partial charge < -0.3 is 0 Å². The van der Waals surface area contributed by atoms with Gasteiger partial charge in [-0.1, -0.05) is 13.8 Å². The molecule has 0 amide bonds. The van der Waals surface area contributed by atoms with Crippen LogP contribution in [-0.2, 0) is 10.0 Å². The Balaban J connectivity index is 2.15. The van der Waals surface area contributed by atoms with Crippen LogP contribution in [0, 0.1) is 23.7 Å². The summed E-state index contributed by atoms with van der Waals surface area (Å²) in [6, 6.07) is 0. The van der Waals surface area contributed by atoms with E-state index in [1.807, 2.05) is 0 Å². The number of sulfonamides is 1. The van der Waals surface area contributed by atoms with Crippen molar-refractivity contribution in [2.75, 3.05) is 19.3 Å². The van der Waals surface area contributed by atoms with Gasteiger partial charge in [-0.3, -0.25) is 0 Å². The fourth-order valence-corrected chi connectivity index (χ4v) is 4.51. The quantitative estimate of drug-likeness (QED) is 0.723. The van der Waals surface area contributed by atoms with Crippen LogP contribution in [0.25, 0.3) is 0 Å². The standard InChI is InChI=1S/C11H21NO2S/c1-8(2)11-9-4-5-10(11)7-12(6-9)15(3,13)14/h8-11H,4-7H2,1-3H3. The van der Waals surface area contributed by atoms with Gasteiger partial charge in [-0.15, -0.1) is 0 Å². The van der Waals surface area contributed by atoms with Crippen LogP contribution >= 0.6 is 0 Å². The third-order valence-corrected chi connectivity index (χ3v) is 5.35. The molecule has 2 bridgehead atoms. The molecule has 2 atom stereocenters. The molecule has 2 rings (SSSR count). The fourth-order valence-electron chi connectivity index (χ4n) is 3.58. The van der Waals surface area contributed by atoms with Gasteiger partial charge in [-0.2, -0.15) is 0 Å². The van der Waals surface area contributed by atoms with Gasteiger partial charge in [-0.25, -0.2) is 12.7 Å². The predicted molar refractivity (Wildman–Crippen MR) is 61.0 cm³/mol. The van der Waals surface area contributed by atoms with E-state index in [4.69, 9.17) is 0 Å². The normalized spacial score (nSPS) is 37.5. The van der Waals surface area contributed by atoms with E-state index in [9.17, 15) is 8.42 Å². The van der Waals surface area contributed by atoms with Gasteiger partial charge >= 0.3 is 0 Å². The molecule has 4 heteroatoms. The van der Waals surface area contributed by atoms with Gasteiger partial charge in [0.05, 0.1) is 6.26 Å². The summed E-state index contributed by atoms with van der Waals surface area (Å²) in [6.45, 7) is 6.06. The van der Waals surface area contributed by atoms with E-state index in [1.54, 1.807) is 4.31 Å². The first-order chi connectivity index (χ1) is 6.89. The smallest absolute Gasteiger partial charge is 0.211 e. The van der Waals surface area contributed by atoms with E-state index in [-0.39, 0.29) is 0 Å². The monoisotopic (exact) mass is 231 g/mol. The van der Waals surface area contributed by atoms with E-state index >= 15 is 0 Å². The molecule has 2 fully saturated rings. The Morgan fingerprint density at radius 1 is 1.13 bits per heavy atom. The molecule has 2 unspecified atom stereocenters. The lowest BCUT2D eigenvalue weighted by molar-refractivity contribution is 0.133. The lowest BCUT2D eigenvalue weighted by Gasteiger charge is -2.38. The summed E-state index contributed by atoms with van der Waals surface area (Å²) in [5.41, 5.74) is 0. The van der Waals surface area contributed by atoms with Crippen molar-refractivity contribution in [3.05, 3.63) is 0 Å². The van der Waals surface area contributed by atoms with Crippen molar-refractivity contribution in [1.82, 2.24) is 4.31 Å². The van der Waals surface area contributed by atoms with Crippen molar-refractivity contribution >= 4 is 10.0 Å². The number of piperidine rings is 1. The highest BCUT2D eigenvalue weighted by Gasteiger charge is 2.45. The minimum absolute atomic E-state index is 0.610. The first-order valence-corrected chi connectivity index (χ1v) is 7.69. The van der Waals surface area contributed by atoms with E-state index < -0.39 is 10.0 Å². The molecule has 0 aromatic rings. The second-order valence-corrected chi connectivity index (χ2v) is 7.48. The maximum absolute atomic E-state index is 11.5. The number of hydrogen-bond donors (Lipinski definition) is 0.